The van der Waals surface area contributed by atoms with Crippen molar-refractivity contribution >= 4 is 70.9 Å². The number of amides is 12. The molecule has 14 atom stereocenters. The number of unbranched alkanes of at least 4 members (excludes halogenated alkanes) is 2. The first-order valence-electron chi connectivity index (χ1n) is 36.5. The van der Waals surface area contributed by atoms with Gasteiger partial charge in [-0.2, -0.15) is 0 Å². The normalized spacial score (nSPS) is 25.3. The van der Waals surface area contributed by atoms with Crippen LogP contribution in [0.3, 0.4) is 0 Å². The van der Waals surface area contributed by atoms with Crippen molar-refractivity contribution in [2.75, 3.05) is 39.3 Å². The van der Waals surface area contributed by atoms with Gasteiger partial charge in [0.1, 0.15) is 60.4 Å². The van der Waals surface area contributed by atoms with Gasteiger partial charge >= 0.3 is 0 Å². The average Bonchev–Trinajstić information content (AvgIpc) is 1.62. The Morgan fingerprint density at radius 3 is 1.33 bits per heavy atom. The van der Waals surface area contributed by atoms with Crippen molar-refractivity contribution in [1.29, 1.82) is 0 Å². The lowest BCUT2D eigenvalue weighted by molar-refractivity contribution is -0.143. The number of hydrogen-bond acceptors (Lipinski definition) is 18. The van der Waals surface area contributed by atoms with E-state index in [0.717, 1.165) is 0 Å². The SMILES string of the molecule is CC(C)C[C@@H]1NC(=O)[C@H](C[C@@H](CN)NC(=O)[C@@H](N)CCCCN)NC(=O)[C@H](C(C)C)NC(=O)[C@@H]2C[C@@H](NC(=O)[C@@H](N)CCCCN)CN2C(=O)[C@@H](Cc2ccccc2)NC(=O)[C@H](CC(C)C)NC(=O)[C@H](CCCN)NC(=O)[C@H](C(C)C)NC(=O)[C@@H]2CCCN2C(=O)[C@@H](Cc2ccccc2)NC1=O. The minimum absolute atomic E-state index is 0.00129. The number of fused-ring (bicyclic) bond motifs is 2. The molecule has 3 heterocycles. The second-order valence-corrected chi connectivity index (χ2v) is 29.0. The van der Waals surface area contributed by atoms with Crippen LogP contribution >= 0.6 is 0 Å². The maximum absolute atomic E-state index is 15.7. The van der Waals surface area contributed by atoms with Crippen LogP contribution in [0.25, 0.3) is 0 Å². The first-order chi connectivity index (χ1) is 48.5. The van der Waals surface area contributed by atoms with Crippen LogP contribution in [0.2, 0.25) is 0 Å². The molecule has 5 rings (SSSR count). The standard InChI is InChI=1S/C72H118N18O12/c1-41(2)33-52-64(94)86-56(36-46-23-13-10-14-24-46)72(102)90-40-48(80-62(92)50(78)26-16-18-30-74)38-58(90)68(98)88-60(44(7)8)70(100)84-54(37-47(39-76)79-61(91)49(77)25-15-17-29-73)66(96)83-53(34-42(3)4)65(95)85-55(35-45-21-11-9-12-22-45)71(101)89-32-20-28-57(89)67(97)87-59(43(5)6)69(99)81-51(27-19-31-75)63(93)82-52/h9-14,21-24,41-44,47-60H,15-20,25-40,73-78H2,1-8H3,(H,79,91)(H,80,92)(H,81,99)(H,82,93)(H,83,96)(H,84,100)(H,85,95)(H,86,94)(H,87,97)(H,88,98)/t47-,48+,49-,50-,51-,52-,53-,54-,55+,56+,57-,58-,59-,60-/m0/s1. The molecule has 2 aromatic carbocycles. The van der Waals surface area contributed by atoms with Gasteiger partial charge in [0, 0.05) is 44.6 Å². The van der Waals surface area contributed by atoms with Crippen LogP contribution in [0.4, 0.5) is 0 Å². The Bertz CT molecular complexity index is 3090. The molecule has 2 aromatic rings. The Hall–Kier alpha value is -8.16. The fourth-order valence-electron chi connectivity index (χ4n) is 13.0. The third kappa shape index (κ3) is 26.3. The summed E-state index contributed by atoms with van der Waals surface area (Å²) in [6.45, 7) is 14.4. The highest BCUT2D eigenvalue weighted by Gasteiger charge is 2.46. The molecule has 0 saturated carbocycles. The van der Waals surface area contributed by atoms with Gasteiger partial charge in [-0.25, -0.2) is 0 Å². The molecule has 12 amide bonds. The lowest BCUT2D eigenvalue weighted by atomic mass is 9.98. The molecule has 3 aliphatic rings. The van der Waals surface area contributed by atoms with Gasteiger partial charge in [-0.05, 0) is 131 Å². The van der Waals surface area contributed by atoms with Gasteiger partial charge in [-0.3, -0.25) is 57.5 Å². The summed E-state index contributed by atoms with van der Waals surface area (Å²) in [5.74, 6) is -10.8. The number of nitrogens with zero attached hydrogens (tertiary/aromatic N) is 2. The van der Waals surface area contributed by atoms with E-state index in [9.17, 15) is 24.0 Å². The fourth-order valence-corrected chi connectivity index (χ4v) is 13.0. The lowest BCUT2D eigenvalue weighted by Gasteiger charge is -2.33. The van der Waals surface area contributed by atoms with Crippen LogP contribution in [0.1, 0.15) is 156 Å². The Balaban J connectivity index is 1.70. The second-order valence-electron chi connectivity index (χ2n) is 29.0. The highest BCUT2D eigenvalue weighted by atomic mass is 16.2. The number of rotatable bonds is 28. The van der Waals surface area contributed by atoms with Crippen LogP contribution in [0.5, 0.6) is 0 Å². The molecular weight excluding hydrogens is 1310 g/mol. The van der Waals surface area contributed by atoms with Crippen molar-refractivity contribution in [3.05, 3.63) is 71.8 Å². The van der Waals surface area contributed by atoms with Crippen molar-refractivity contribution in [2.45, 2.75) is 243 Å². The van der Waals surface area contributed by atoms with E-state index in [4.69, 9.17) is 34.4 Å². The molecule has 0 spiro atoms. The molecule has 0 aromatic heterocycles. The Labute approximate surface area is 600 Å². The molecule has 3 fully saturated rings. The molecule has 3 aliphatic heterocycles. The maximum Gasteiger partial charge on any atom is 0.246 e. The smallest absolute Gasteiger partial charge is 0.246 e. The van der Waals surface area contributed by atoms with E-state index < -0.39 is 167 Å². The molecule has 30 heteroatoms. The lowest BCUT2D eigenvalue weighted by Crippen LogP contribution is -2.62. The summed E-state index contributed by atoms with van der Waals surface area (Å²) in [6.07, 6.45) is 2.93. The van der Waals surface area contributed by atoms with Gasteiger partial charge in [-0.15, -0.1) is 0 Å². The topological polar surface area (TPSA) is 488 Å². The van der Waals surface area contributed by atoms with Gasteiger partial charge in [0.15, 0.2) is 0 Å². The summed E-state index contributed by atoms with van der Waals surface area (Å²) >= 11 is 0. The number of nitrogens with one attached hydrogen (secondary N) is 10. The van der Waals surface area contributed by atoms with Crippen molar-refractivity contribution in [2.24, 2.45) is 58.1 Å². The largest absolute Gasteiger partial charge is 0.351 e. The van der Waals surface area contributed by atoms with Crippen molar-refractivity contribution in [3.8, 4) is 0 Å². The number of hydrogen-bond donors (Lipinski definition) is 16. The quantitative estimate of drug-likeness (QED) is 0.0424. The van der Waals surface area contributed by atoms with Crippen molar-refractivity contribution < 1.29 is 57.5 Å². The van der Waals surface area contributed by atoms with Crippen molar-refractivity contribution in [1.82, 2.24) is 63.0 Å². The third-order valence-electron chi connectivity index (χ3n) is 18.8. The predicted octanol–water partition coefficient (Wildman–Crippen LogP) is -1.67. The molecule has 568 valence electrons. The molecule has 0 unspecified atom stereocenters. The van der Waals surface area contributed by atoms with Crippen molar-refractivity contribution in [3.63, 3.8) is 0 Å². The van der Waals surface area contributed by atoms with Gasteiger partial charge in [0.2, 0.25) is 70.9 Å². The summed E-state index contributed by atoms with van der Waals surface area (Å²) in [7, 11) is 0. The third-order valence-corrected chi connectivity index (χ3v) is 18.8. The molecule has 0 bridgehead atoms. The number of carbonyl (C=O) groups is 12. The zero-order valence-electron chi connectivity index (χ0n) is 61.0. The van der Waals surface area contributed by atoms with Crippen LogP contribution in [-0.2, 0) is 70.4 Å². The zero-order valence-corrected chi connectivity index (χ0v) is 61.0. The molecular formula is C72H118N18O12. The Morgan fingerprint density at radius 1 is 0.471 bits per heavy atom. The predicted molar refractivity (Wildman–Crippen MR) is 387 cm³/mol. The van der Waals surface area contributed by atoms with Crippen LogP contribution in [0.15, 0.2) is 60.7 Å². The first kappa shape index (κ1) is 84.5. The van der Waals surface area contributed by atoms with E-state index in [-0.39, 0.29) is 109 Å². The Kier molecular flexibility index (Phi) is 35.2. The molecule has 3 saturated heterocycles. The molecule has 0 aliphatic carbocycles. The van der Waals surface area contributed by atoms with Crippen LogP contribution in [0, 0.1) is 23.7 Å². The van der Waals surface area contributed by atoms with Gasteiger partial charge in [0.25, 0.3) is 0 Å². The minimum atomic E-state index is -1.61. The van der Waals surface area contributed by atoms with Gasteiger partial charge in [-0.1, -0.05) is 129 Å². The number of benzene rings is 2. The van der Waals surface area contributed by atoms with E-state index in [1.807, 2.05) is 27.7 Å². The molecule has 30 nitrogen and oxygen atoms in total. The minimum Gasteiger partial charge on any atom is -0.351 e. The highest BCUT2D eigenvalue weighted by molar-refractivity contribution is 6.00. The average molecular weight is 1430 g/mol. The number of nitrogens with two attached hydrogens (primary N) is 6. The van der Waals surface area contributed by atoms with Crippen LogP contribution < -0.4 is 87.6 Å². The highest BCUT2D eigenvalue weighted by Crippen LogP contribution is 2.25. The second kappa shape index (κ2) is 42.4. The summed E-state index contributed by atoms with van der Waals surface area (Å²) in [5.41, 5.74) is 37.7. The van der Waals surface area contributed by atoms with Gasteiger partial charge in [0.05, 0.1) is 12.1 Å². The maximum atomic E-state index is 15.7. The zero-order chi connectivity index (χ0) is 75.3. The summed E-state index contributed by atoms with van der Waals surface area (Å²) in [4.78, 5) is 181. The molecule has 22 N–H and O–H groups in total. The fraction of sp³-hybridized carbons (Fsp3) is 0.667. The van der Waals surface area contributed by atoms with E-state index in [1.165, 1.54) is 9.80 Å². The first-order valence-corrected chi connectivity index (χ1v) is 36.5. The van der Waals surface area contributed by atoms with E-state index in [0.29, 0.717) is 56.3 Å². The molecule has 102 heavy (non-hydrogen) atoms. The Morgan fingerprint density at radius 2 is 0.882 bits per heavy atom. The monoisotopic (exact) mass is 1430 g/mol. The molecule has 0 radical (unpaired) electrons. The van der Waals surface area contributed by atoms with E-state index >= 15 is 33.6 Å². The van der Waals surface area contributed by atoms with E-state index in [2.05, 4.69) is 53.2 Å². The number of carbonyl (C=O) groups excluding carboxylic acids is 12. The summed E-state index contributed by atoms with van der Waals surface area (Å²) in [6, 6.07) is -0.0531. The summed E-state index contributed by atoms with van der Waals surface area (Å²) < 4.78 is 0. The van der Waals surface area contributed by atoms with Gasteiger partial charge < -0.3 is 97.4 Å². The van der Waals surface area contributed by atoms with E-state index in [1.54, 1.807) is 88.4 Å². The summed E-state index contributed by atoms with van der Waals surface area (Å²) in [5, 5.41) is 28.4. The van der Waals surface area contributed by atoms with Crippen LogP contribution in [-0.4, -0.2) is 205 Å².